The molecule has 0 aliphatic rings. The highest BCUT2D eigenvalue weighted by atomic mass is 16.6. The van der Waals surface area contributed by atoms with Gasteiger partial charge >= 0.3 is 17.9 Å². The van der Waals surface area contributed by atoms with Crippen LogP contribution in [0.5, 0.6) is 0 Å². The summed E-state index contributed by atoms with van der Waals surface area (Å²) in [5.74, 6) is -0.960. The van der Waals surface area contributed by atoms with Gasteiger partial charge in [0, 0.05) is 19.3 Å². The van der Waals surface area contributed by atoms with Crippen LogP contribution in [-0.2, 0) is 28.6 Å². The molecule has 0 aliphatic carbocycles. The van der Waals surface area contributed by atoms with Crippen LogP contribution in [0.3, 0.4) is 0 Å². The van der Waals surface area contributed by atoms with E-state index in [0.29, 0.717) is 12.8 Å². The van der Waals surface area contributed by atoms with Gasteiger partial charge in [0.1, 0.15) is 13.2 Å². The maximum Gasteiger partial charge on any atom is 0.306 e. The van der Waals surface area contributed by atoms with E-state index in [1.54, 1.807) is 0 Å². The largest absolute Gasteiger partial charge is 0.462 e. The molecule has 1 atom stereocenters. The Kier molecular flexibility index (Phi) is 63.3. The number of unbranched alkanes of at least 4 members (excludes halogenated alkanes) is 31. The molecule has 0 aromatic rings. The van der Waals surface area contributed by atoms with Gasteiger partial charge < -0.3 is 14.2 Å². The summed E-state index contributed by atoms with van der Waals surface area (Å²) in [6, 6.07) is 0. The van der Waals surface area contributed by atoms with Crippen LogP contribution >= 0.6 is 0 Å². The van der Waals surface area contributed by atoms with Crippen LogP contribution in [0, 0.1) is 0 Å². The molecule has 0 N–H and O–H groups in total. The van der Waals surface area contributed by atoms with Crippen molar-refractivity contribution in [1.29, 1.82) is 0 Å². The Labute approximate surface area is 489 Å². The molecular weight excluding hydrogens is 973 g/mol. The van der Waals surface area contributed by atoms with Gasteiger partial charge in [-0.2, -0.15) is 0 Å². The number of rotatable bonds is 60. The molecule has 0 bridgehead atoms. The molecule has 0 aliphatic heterocycles. The first-order valence-corrected chi connectivity index (χ1v) is 33.4. The van der Waals surface area contributed by atoms with E-state index >= 15 is 0 Å². The minimum Gasteiger partial charge on any atom is -0.462 e. The number of esters is 3. The van der Waals surface area contributed by atoms with Gasteiger partial charge in [0.05, 0.1) is 0 Å². The molecule has 79 heavy (non-hydrogen) atoms. The molecule has 0 amide bonds. The minimum atomic E-state index is -0.810. The van der Waals surface area contributed by atoms with Gasteiger partial charge in [-0.15, -0.1) is 0 Å². The van der Waals surface area contributed by atoms with Crippen molar-refractivity contribution in [1.82, 2.24) is 0 Å². The Morgan fingerprint density at radius 2 is 0.494 bits per heavy atom. The van der Waals surface area contributed by atoms with E-state index in [4.69, 9.17) is 14.2 Å². The van der Waals surface area contributed by atoms with Gasteiger partial charge in [-0.3, -0.25) is 14.4 Å². The van der Waals surface area contributed by atoms with Gasteiger partial charge in [0.15, 0.2) is 6.10 Å². The van der Waals surface area contributed by atoms with Gasteiger partial charge in [0.2, 0.25) is 0 Å². The third kappa shape index (κ3) is 64.8. The second-order valence-electron chi connectivity index (χ2n) is 22.0. The normalized spacial score (nSPS) is 12.8. The second kappa shape index (κ2) is 66.6. The van der Waals surface area contributed by atoms with Crippen LogP contribution in [0.4, 0.5) is 0 Å². The molecule has 1 unspecified atom stereocenters. The molecule has 0 rings (SSSR count). The Balaban J connectivity index is 4.30. The number of ether oxygens (including phenoxy) is 3. The van der Waals surface area contributed by atoms with Crippen molar-refractivity contribution in [2.24, 2.45) is 0 Å². The van der Waals surface area contributed by atoms with Crippen LogP contribution in [0.2, 0.25) is 0 Å². The fourth-order valence-electron chi connectivity index (χ4n) is 9.30. The molecule has 0 fully saturated rings. The van der Waals surface area contributed by atoms with E-state index < -0.39 is 6.10 Å². The maximum atomic E-state index is 12.9. The number of allylic oxidation sites excluding steroid dienone is 18. The van der Waals surface area contributed by atoms with Crippen LogP contribution in [-0.4, -0.2) is 37.2 Å². The summed E-state index contributed by atoms with van der Waals surface area (Å²) in [5, 5.41) is 0. The van der Waals surface area contributed by atoms with Gasteiger partial charge in [-0.25, -0.2) is 0 Å². The third-order valence-electron chi connectivity index (χ3n) is 14.2. The molecule has 6 nitrogen and oxygen atoms in total. The maximum absolute atomic E-state index is 12.9. The lowest BCUT2D eigenvalue weighted by atomic mass is 10.0. The summed E-state index contributed by atoms with van der Waals surface area (Å²) >= 11 is 0. The summed E-state index contributed by atoms with van der Waals surface area (Å²) in [4.78, 5) is 38.3. The molecule has 0 saturated heterocycles. The Hall–Kier alpha value is -3.93. The summed E-state index contributed by atoms with van der Waals surface area (Å²) in [6.07, 6.45) is 91.2. The average Bonchev–Trinajstić information content (AvgIpc) is 3.45. The van der Waals surface area contributed by atoms with Gasteiger partial charge in [-0.05, 0) is 122 Å². The molecular formula is C73H124O6. The number of carbonyl (C=O) groups excluding carboxylic acids is 3. The monoisotopic (exact) mass is 1100 g/mol. The molecule has 0 aromatic heterocycles. The van der Waals surface area contributed by atoms with E-state index in [1.165, 1.54) is 154 Å². The molecule has 0 spiro atoms. The van der Waals surface area contributed by atoms with E-state index in [0.717, 1.165) is 122 Å². The Morgan fingerprint density at radius 1 is 0.266 bits per heavy atom. The van der Waals surface area contributed by atoms with Crippen molar-refractivity contribution in [3.05, 3.63) is 109 Å². The highest BCUT2D eigenvalue weighted by Crippen LogP contribution is 2.17. The fraction of sp³-hybridized carbons (Fsp3) is 0.712. The highest BCUT2D eigenvalue weighted by Gasteiger charge is 2.19. The topological polar surface area (TPSA) is 78.9 Å². The predicted octanol–water partition coefficient (Wildman–Crippen LogP) is 23.0. The van der Waals surface area contributed by atoms with E-state index in [2.05, 4.69) is 130 Å². The third-order valence-corrected chi connectivity index (χ3v) is 14.2. The zero-order valence-electron chi connectivity index (χ0n) is 51.9. The van der Waals surface area contributed by atoms with Crippen LogP contribution in [0.1, 0.15) is 316 Å². The lowest BCUT2D eigenvalue weighted by Crippen LogP contribution is -2.30. The SMILES string of the molecule is CC/C=C\C/C=C\C/C=C\C/C=C\CCCCCCC(=O)OC(COC(=O)CCCC/C=C\C/C=C\C/C=C\C/C=C\CC)COC(=O)CCCCCCCCCCCCCCCCCCC/C=C\CCCCCCCCCC. The van der Waals surface area contributed by atoms with Crippen molar-refractivity contribution in [3.8, 4) is 0 Å². The van der Waals surface area contributed by atoms with E-state index in [9.17, 15) is 14.4 Å². The fourth-order valence-corrected chi connectivity index (χ4v) is 9.30. The smallest absolute Gasteiger partial charge is 0.306 e. The van der Waals surface area contributed by atoms with Gasteiger partial charge in [0.25, 0.3) is 0 Å². The first-order chi connectivity index (χ1) is 39.0. The summed E-state index contributed by atoms with van der Waals surface area (Å²) in [7, 11) is 0. The summed E-state index contributed by atoms with van der Waals surface area (Å²) in [5.41, 5.74) is 0. The summed E-state index contributed by atoms with van der Waals surface area (Å²) < 4.78 is 16.9. The zero-order valence-corrected chi connectivity index (χ0v) is 51.9. The van der Waals surface area contributed by atoms with Crippen LogP contribution < -0.4 is 0 Å². The first kappa shape index (κ1) is 75.1. The van der Waals surface area contributed by atoms with E-state index in [-0.39, 0.29) is 37.5 Å². The zero-order chi connectivity index (χ0) is 57.1. The molecule has 452 valence electrons. The quantitative estimate of drug-likeness (QED) is 0.0261. The first-order valence-electron chi connectivity index (χ1n) is 33.4. The lowest BCUT2D eigenvalue weighted by molar-refractivity contribution is -0.167. The number of carbonyl (C=O) groups is 3. The lowest BCUT2D eigenvalue weighted by Gasteiger charge is -2.18. The van der Waals surface area contributed by atoms with Gasteiger partial charge in [-0.1, -0.05) is 284 Å². The van der Waals surface area contributed by atoms with Crippen molar-refractivity contribution >= 4 is 17.9 Å². The van der Waals surface area contributed by atoms with Crippen molar-refractivity contribution < 1.29 is 28.6 Å². The second-order valence-corrected chi connectivity index (χ2v) is 22.0. The molecule has 0 heterocycles. The summed E-state index contributed by atoms with van der Waals surface area (Å²) in [6.45, 7) is 6.38. The van der Waals surface area contributed by atoms with Crippen molar-refractivity contribution in [2.75, 3.05) is 13.2 Å². The van der Waals surface area contributed by atoms with Crippen molar-refractivity contribution in [3.63, 3.8) is 0 Å². The Morgan fingerprint density at radius 3 is 0.810 bits per heavy atom. The number of hydrogen-bond acceptors (Lipinski definition) is 6. The standard InChI is InChI=1S/C73H124O6/c1-4-7-10-13-16-19-22-25-28-30-31-32-33-34-35-36-37-38-39-40-41-43-45-48-51-54-57-60-63-66-72(75)78-69-70(68-77-71(74)65-62-59-56-53-50-47-44-27-24-21-18-15-12-9-6-3)79-73(76)67-64-61-58-55-52-49-46-42-29-26-23-20-17-14-11-8-5-2/h8-9,11-12,17-18,20-21,26-27,29-31,44,46,49-50,53,70H,4-7,10,13-16,19,22-25,28,32-43,45,47-48,51-52,54-69H2,1-3H3/b11-8-,12-9-,20-17-,21-18-,29-26-,31-30-,44-27-,49-46-,53-50-. The predicted molar refractivity (Wildman–Crippen MR) is 343 cm³/mol. The highest BCUT2D eigenvalue weighted by molar-refractivity contribution is 5.71. The minimum absolute atomic E-state index is 0.101. The van der Waals surface area contributed by atoms with Crippen LogP contribution in [0.25, 0.3) is 0 Å². The van der Waals surface area contributed by atoms with E-state index in [1.807, 2.05) is 0 Å². The number of hydrogen-bond donors (Lipinski definition) is 0. The molecule has 0 aromatic carbocycles. The Bertz CT molecular complexity index is 1590. The molecule has 0 saturated carbocycles. The van der Waals surface area contributed by atoms with Crippen LogP contribution in [0.15, 0.2) is 109 Å². The average molecular weight is 1100 g/mol. The molecule has 0 radical (unpaired) electrons. The molecule has 6 heteroatoms. The van der Waals surface area contributed by atoms with Crippen molar-refractivity contribution in [2.45, 2.75) is 322 Å².